The maximum Gasteiger partial charge on any atom is 0.266 e. The summed E-state index contributed by atoms with van der Waals surface area (Å²) >= 11 is 0. The highest BCUT2D eigenvalue weighted by atomic mass is 32.2. The van der Waals surface area contributed by atoms with Crippen LogP contribution in [0.4, 0.5) is 4.39 Å². The number of nitrogens with one attached hydrogen (secondary N) is 1. The first-order chi connectivity index (χ1) is 11.4. The van der Waals surface area contributed by atoms with Gasteiger partial charge in [0.05, 0.1) is 17.1 Å². The number of hydrogen-bond donors (Lipinski definition) is 1. The van der Waals surface area contributed by atoms with Crippen molar-refractivity contribution < 1.29 is 12.8 Å². The van der Waals surface area contributed by atoms with Gasteiger partial charge in [0.15, 0.2) is 0 Å². The summed E-state index contributed by atoms with van der Waals surface area (Å²) in [7, 11) is -3.84. The first-order valence-corrected chi connectivity index (χ1v) is 9.19. The minimum Gasteiger partial charge on any atom is -0.268 e. The lowest BCUT2D eigenvalue weighted by molar-refractivity contribution is 0.539. The Hall–Kier alpha value is -2.06. The second-order valence-corrected chi connectivity index (χ2v) is 7.64. The van der Waals surface area contributed by atoms with E-state index in [1.807, 2.05) is 0 Å². The molecule has 0 atom stereocenters. The molecule has 1 N–H and O–H groups in total. The number of aryl methyl sites for hydroxylation is 1. The largest absolute Gasteiger partial charge is 0.268 e. The molecule has 0 radical (unpaired) electrons. The van der Waals surface area contributed by atoms with E-state index in [4.69, 9.17) is 0 Å². The molecule has 1 aromatic carbocycles. The molecule has 0 bridgehead atoms. The molecule has 6 nitrogen and oxygen atoms in total. The molecule has 0 saturated heterocycles. The van der Waals surface area contributed by atoms with E-state index in [0.29, 0.717) is 11.5 Å². The Kier molecular flexibility index (Phi) is 4.51. The van der Waals surface area contributed by atoms with Crippen LogP contribution >= 0.6 is 0 Å². The number of hydrogen-bond acceptors (Lipinski definition) is 4. The predicted octanol–water partition coefficient (Wildman–Crippen LogP) is 1.55. The summed E-state index contributed by atoms with van der Waals surface area (Å²) in [6, 6.07) is 6.77. The van der Waals surface area contributed by atoms with Gasteiger partial charge < -0.3 is 0 Å². The van der Waals surface area contributed by atoms with Crippen LogP contribution in [0.15, 0.2) is 40.0 Å². The van der Waals surface area contributed by atoms with Gasteiger partial charge in [0.2, 0.25) is 10.0 Å². The van der Waals surface area contributed by atoms with Gasteiger partial charge in [-0.25, -0.2) is 22.2 Å². The zero-order chi connectivity index (χ0) is 17.3. The fraction of sp³-hybridized carbons (Fsp3) is 0.375. The smallest absolute Gasteiger partial charge is 0.266 e. The molecule has 0 amide bonds. The second-order valence-electron chi connectivity index (χ2n) is 5.90. The zero-order valence-corrected chi connectivity index (χ0v) is 14.0. The Balaban J connectivity index is 1.70. The Morgan fingerprint density at radius 1 is 1.29 bits per heavy atom. The molecular formula is C16H18FN3O3S. The molecule has 128 valence electrons. The molecular weight excluding hydrogens is 333 g/mol. The fourth-order valence-electron chi connectivity index (χ4n) is 2.45. The SMILES string of the molecule is Cc1ccc(F)cc1S(=O)(=O)NCCn1nc(C2CC2)ccc1=O. The molecule has 1 fully saturated rings. The van der Waals surface area contributed by atoms with E-state index in [2.05, 4.69) is 9.82 Å². The monoisotopic (exact) mass is 351 g/mol. The van der Waals surface area contributed by atoms with E-state index in [9.17, 15) is 17.6 Å². The number of halogens is 1. The van der Waals surface area contributed by atoms with Crippen molar-refractivity contribution in [2.24, 2.45) is 0 Å². The molecule has 1 heterocycles. The summed E-state index contributed by atoms with van der Waals surface area (Å²) in [5, 5.41) is 4.27. The van der Waals surface area contributed by atoms with Crippen LogP contribution in [0.1, 0.15) is 30.0 Å². The van der Waals surface area contributed by atoms with Gasteiger partial charge in [-0.05, 0) is 43.5 Å². The highest BCUT2D eigenvalue weighted by Crippen LogP contribution is 2.38. The molecule has 1 aliphatic rings. The predicted molar refractivity (Wildman–Crippen MR) is 86.8 cm³/mol. The normalized spacial score (nSPS) is 14.8. The third-order valence-corrected chi connectivity index (χ3v) is 5.54. The average molecular weight is 351 g/mol. The summed E-state index contributed by atoms with van der Waals surface area (Å²) in [6.07, 6.45) is 2.13. The van der Waals surface area contributed by atoms with E-state index in [0.717, 1.165) is 24.6 Å². The molecule has 2 aromatic rings. The van der Waals surface area contributed by atoms with Crippen LogP contribution in [0, 0.1) is 12.7 Å². The van der Waals surface area contributed by atoms with E-state index in [1.165, 1.54) is 22.9 Å². The molecule has 1 saturated carbocycles. The lowest BCUT2D eigenvalue weighted by atomic mass is 10.2. The Bertz CT molecular complexity index is 920. The lowest BCUT2D eigenvalue weighted by Crippen LogP contribution is -2.32. The molecule has 1 aromatic heterocycles. The van der Waals surface area contributed by atoms with Crippen LogP contribution in [0.3, 0.4) is 0 Å². The number of aromatic nitrogens is 2. The van der Waals surface area contributed by atoms with Crippen molar-refractivity contribution in [2.45, 2.75) is 37.1 Å². The zero-order valence-electron chi connectivity index (χ0n) is 13.2. The first kappa shape index (κ1) is 16.8. The van der Waals surface area contributed by atoms with Crippen LogP contribution in [0.25, 0.3) is 0 Å². The minimum atomic E-state index is -3.84. The quantitative estimate of drug-likeness (QED) is 0.856. The van der Waals surface area contributed by atoms with Crippen molar-refractivity contribution >= 4 is 10.0 Å². The van der Waals surface area contributed by atoms with E-state index >= 15 is 0 Å². The molecule has 24 heavy (non-hydrogen) atoms. The summed E-state index contributed by atoms with van der Waals surface area (Å²) in [4.78, 5) is 11.7. The van der Waals surface area contributed by atoms with Crippen molar-refractivity contribution in [2.75, 3.05) is 6.54 Å². The molecule has 8 heteroatoms. The van der Waals surface area contributed by atoms with Crippen molar-refractivity contribution in [3.63, 3.8) is 0 Å². The minimum absolute atomic E-state index is 0.000681. The third kappa shape index (κ3) is 3.70. The number of rotatable bonds is 6. The van der Waals surface area contributed by atoms with Gasteiger partial charge in [-0.3, -0.25) is 4.79 Å². The number of nitrogens with zero attached hydrogens (tertiary/aromatic N) is 2. The van der Waals surface area contributed by atoms with Gasteiger partial charge >= 0.3 is 0 Å². The number of sulfonamides is 1. The maximum atomic E-state index is 13.3. The van der Waals surface area contributed by atoms with Crippen LogP contribution in [-0.2, 0) is 16.6 Å². The van der Waals surface area contributed by atoms with Crippen LogP contribution in [0.2, 0.25) is 0 Å². The molecule has 3 rings (SSSR count). The van der Waals surface area contributed by atoms with E-state index in [-0.39, 0.29) is 23.5 Å². The Labute approximate surface area is 139 Å². The van der Waals surface area contributed by atoms with Crippen molar-refractivity contribution in [3.8, 4) is 0 Å². The van der Waals surface area contributed by atoms with Gasteiger partial charge in [0.25, 0.3) is 5.56 Å². The van der Waals surface area contributed by atoms with Gasteiger partial charge in [0.1, 0.15) is 5.82 Å². The molecule has 1 aliphatic carbocycles. The summed E-state index contributed by atoms with van der Waals surface area (Å²) in [5.41, 5.74) is 1.04. The number of benzene rings is 1. The van der Waals surface area contributed by atoms with E-state index in [1.54, 1.807) is 13.0 Å². The highest BCUT2D eigenvalue weighted by Gasteiger charge is 2.25. The van der Waals surface area contributed by atoms with Crippen LogP contribution in [0.5, 0.6) is 0 Å². The summed E-state index contributed by atoms with van der Waals surface area (Å²) in [5.74, 6) is -0.209. The van der Waals surface area contributed by atoms with Gasteiger partial charge in [-0.1, -0.05) is 6.07 Å². The first-order valence-electron chi connectivity index (χ1n) is 7.71. The average Bonchev–Trinajstić information content (AvgIpc) is 3.36. The Morgan fingerprint density at radius 3 is 2.75 bits per heavy atom. The molecule has 0 spiro atoms. The second kappa shape index (κ2) is 6.45. The van der Waals surface area contributed by atoms with Crippen molar-refractivity contribution in [1.29, 1.82) is 0 Å². The molecule has 0 aliphatic heterocycles. The van der Waals surface area contributed by atoms with Gasteiger partial charge in [0, 0.05) is 18.5 Å². The standard InChI is InChI=1S/C16H18FN3O3S/c1-11-2-5-13(17)10-15(11)24(22,23)18-8-9-20-16(21)7-6-14(19-20)12-3-4-12/h2,5-7,10,12,18H,3-4,8-9H2,1H3. The van der Waals surface area contributed by atoms with Gasteiger partial charge in [-0.15, -0.1) is 0 Å². The highest BCUT2D eigenvalue weighted by molar-refractivity contribution is 7.89. The topological polar surface area (TPSA) is 81.1 Å². The Morgan fingerprint density at radius 2 is 2.04 bits per heavy atom. The van der Waals surface area contributed by atoms with Crippen LogP contribution < -0.4 is 10.3 Å². The maximum absolute atomic E-state index is 13.3. The van der Waals surface area contributed by atoms with Gasteiger partial charge in [-0.2, -0.15) is 5.10 Å². The lowest BCUT2D eigenvalue weighted by Gasteiger charge is -2.10. The van der Waals surface area contributed by atoms with Crippen molar-refractivity contribution in [3.05, 3.63) is 57.8 Å². The van der Waals surface area contributed by atoms with E-state index < -0.39 is 15.8 Å². The summed E-state index contributed by atoms with van der Waals surface area (Å²) < 4.78 is 41.5. The summed E-state index contributed by atoms with van der Waals surface area (Å²) in [6.45, 7) is 1.71. The molecule has 0 unspecified atom stereocenters. The van der Waals surface area contributed by atoms with Crippen LogP contribution in [-0.4, -0.2) is 24.7 Å². The van der Waals surface area contributed by atoms with Crippen molar-refractivity contribution in [1.82, 2.24) is 14.5 Å². The fourth-order valence-corrected chi connectivity index (χ4v) is 3.72. The third-order valence-electron chi connectivity index (χ3n) is 3.94.